The van der Waals surface area contributed by atoms with Gasteiger partial charge in [0, 0.05) is 21.2 Å². The van der Waals surface area contributed by atoms with E-state index < -0.39 is 5.97 Å². The summed E-state index contributed by atoms with van der Waals surface area (Å²) in [6, 6.07) is 18.3. The molecule has 8 heteroatoms. The Kier molecular flexibility index (Phi) is 7.38. The molecule has 3 aromatic rings. The first kappa shape index (κ1) is 23.4. The second-order valence-electron chi connectivity index (χ2n) is 7.03. The van der Waals surface area contributed by atoms with Gasteiger partial charge in [0.1, 0.15) is 12.3 Å². The lowest BCUT2D eigenvalue weighted by Gasteiger charge is -2.15. The molecule has 0 atom stereocenters. The molecule has 0 bridgehead atoms. The Hall–Kier alpha value is -2.80. The van der Waals surface area contributed by atoms with E-state index in [1.165, 1.54) is 0 Å². The van der Waals surface area contributed by atoms with Crippen molar-refractivity contribution in [3.63, 3.8) is 0 Å². The molecule has 1 aliphatic heterocycles. The third-order valence-electron chi connectivity index (χ3n) is 4.77. The zero-order valence-corrected chi connectivity index (χ0v) is 20.6. The number of nitrogens with zero attached hydrogens (tertiary/aromatic N) is 1. The smallest absolute Gasteiger partial charge is 0.368 e. The van der Waals surface area contributed by atoms with Gasteiger partial charge in [-0.25, -0.2) is 4.79 Å². The number of halogens is 3. The van der Waals surface area contributed by atoms with E-state index in [4.69, 9.17) is 37.5 Å². The first-order valence-corrected chi connectivity index (χ1v) is 11.6. The highest BCUT2D eigenvalue weighted by molar-refractivity contribution is 9.10. The number of benzene rings is 3. The molecular formula is C25H18BrCl2NO4. The SMILES string of the molecule is CCOc1cc(/C=C2\C(=O)ON=C2c2ccccc2)cc(Br)c1OCc1ccc(Cl)cc1Cl. The molecule has 33 heavy (non-hydrogen) atoms. The molecule has 168 valence electrons. The summed E-state index contributed by atoms with van der Waals surface area (Å²) >= 11 is 15.8. The molecule has 0 amide bonds. The third kappa shape index (κ3) is 5.41. The largest absolute Gasteiger partial charge is 0.490 e. The molecule has 0 saturated carbocycles. The first-order chi connectivity index (χ1) is 16.0. The van der Waals surface area contributed by atoms with E-state index in [0.29, 0.717) is 43.9 Å². The predicted molar refractivity (Wildman–Crippen MR) is 133 cm³/mol. The highest BCUT2D eigenvalue weighted by Gasteiger charge is 2.27. The monoisotopic (exact) mass is 545 g/mol. The normalized spacial score (nSPS) is 14.2. The number of hydrogen-bond donors (Lipinski definition) is 0. The van der Waals surface area contributed by atoms with Crippen molar-refractivity contribution in [3.8, 4) is 11.5 Å². The quantitative estimate of drug-likeness (QED) is 0.235. The summed E-state index contributed by atoms with van der Waals surface area (Å²) in [6.45, 7) is 2.54. The van der Waals surface area contributed by atoms with Crippen molar-refractivity contribution in [2.75, 3.05) is 6.61 Å². The zero-order valence-electron chi connectivity index (χ0n) is 17.5. The van der Waals surface area contributed by atoms with E-state index in [2.05, 4.69) is 21.1 Å². The van der Waals surface area contributed by atoms with Crippen molar-refractivity contribution in [2.45, 2.75) is 13.5 Å². The number of rotatable bonds is 7. The van der Waals surface area contributed by atoms with E-state index in [9.17, 15) is 4.79 Å². The summed E-state index contributed by atoms with van der Waals surface area (Å²) in [5, 5.41) is 5.03. The van der Waals surface area contributed by atoms with Crippen molar-refractivity contribution in [1.29, 1.82) is 0 Å². The van der Waals surface area contributed by atoms with Crippen LogP contribution in [0.5, 0.6) is 11.5 Å². The highest BCUT2D eigenvalue weighted by Crippen LogP contribution is 2.39. The number of hydrogen-bond acceptors (Lipinski definition) is 5. The summed E-state index contributed by atoms with van der Waals surface area (Å²) < 4.78 is 12.5. The molecule has 1 aliphatic rings. The van der Waals surface area contributed by atoms with Crippen molar-refractivity contribution in [1.82, 2.24) is 0 Å². The van der Waals surface area contributed by atoms with Crippen LogP contribution in [0.25, 0.3) is 6.08 Å². The van der Waals surface area contributed by atoms with Crippen LogP contribution in [0.4, 0.5) is 0 Å². The fraction of sp³-hybridized carbons (Fsp3) is 0.120. The third-order valence-corrected chi connectivity index (χ3v) is 5.95. The van der Waals surface area contributed by atoms with Crippen LogP contribution < -0.4 is 9.47 Å². The number of ether oxygens (including phenoxy) is 2. The molecule has 0 aliphatic carbocycles. The molecule has 0 N–H and O–H groups in total. The van der Waals surface area contributed by atoms with Gasteiger partial charge in [0.05, 0.1) is 16.7 Å². The predicted octanol–water partition coefficient (Wildman–Crippen LogP) is 7.08. The van der Waals surface area contributed by atoms with Gasteiger partial charge in [-0.2, -0.15) is 0 Å². The molecule has 5 nitrogen and oxygen atoms in total. The van der Waals surface area contributed by atoms with Gasteiger partial charge in [-0.3, -0.25) is 0 Å². The fourth-order valence-electron chi connectivity index (χ4n) is 3.24. The van der Waals surface area contributed by atoms with Crippen LogP contribution >= 0.6 is 39.1 Å². The minimum Gasteiger partial charge on any atom is -0.490 e. The van der Waals surface area contributed by atoms with E-state index >= 15 is 0 Å². The van der Waals surface area contributed by atoms with Crippen molar-refractivity contribution in [2.24, 2.45) is 5.16 Å². The van der Waals surface area contributed by atoms with Crippen LogP contribution in [-0.2, 0) is 16.2 Å². The maximum absolute atomic E-state index is 12.3. The van der Waals surface area contributed by atoms with Gasteiger partial charge in [-0.05, 0) is 58.8 Å². The lowest BCUT2D eigenvalue weighted by molar-refractivity contribution is -0.136. The summed E-state index contributed by atoms with van der Waals surface area (Å²) in [6.07, 6.45) is 1.72. The van der Waals surface area contributed by atoms with Crippen molar-refractivity contribution >= 4 is 56.9 Å². The molecule has 0 saturated heterocycles. The van der Waals surface area contributed by atoms with Crippen LogP contribution in [-0.4, -0.2) is 18.3 Å². The van der Waals surface area contributed by atoms with Gasteiger partial charge in [-0.1, -0.05) is 64.8 Å². The van der Waals surface area contributed by atoms with Crippen LogP contribution in [0.3, 0.4) is 0 Å². The maximum Gasteiger partial charge on any atom is 0.368 e. The molecule has 4 rings (SSSR count). The van der Waals surface area contributed by atoms with Crippen LogP contribution in [0.1, 0.15) is 23.6 Å². The maximum atomic E-state index is 12.3. The Bertz CT molecular complexity index is 1260. The van der Waals surface area contributed by atoms with Crippen molar-refractivity contribution < 1.29 is 19.1 Å². The minimum absolute atomic E-state index is 0.228. The lowest BCUT2D eigenvalue weighted by atomic mass is 10.0. The van der Waals surface area contributed by atoms with E-state index in [1.54, 1.807) is 24.3 Å². The number of carbonyl (C=O) groups is 1. The van der Waals surface area contributed by atoms with Crippen molar-refractivity contribution in [3.05, 3.63) is 97.4 Å². The summed E-state index contributed by atoms with van der Waals surface area (Å²) in [5.41, 5.74) is 3.14. The number of carbonyl (C=O) groups excluding carboxylic acids is 1. The Morgan fingerprint density at radius 3 is 2.58 bits per heavy atom. The molecule has 0 fully saturated rings. The molecule has 3 aromatic carbocycles. The van der Waals surface area contributed by atoms with Crippen LogP contribution in [0.2, 0.25) is 10.0 Å². The topological polar surface area (TPSA) is 57.1 Å². The second-order valence-corrected chi connectivity index (χ2v) is 8.73. The second kappa shape index (κ2) is 10.4. The Morgan fingerprint density at radius 1 is 1.06 bits per heavy atom. The summed E-state index contributed by atoms with van der Waals surface area (Å²) in [7, 11) is 0. The molecule has 0 aromatic heterocycles. The standard InChI is InChI=1S/C25H18BrCl2NO4/c1-2-31-22-12-15(10-19-23(29-33-25(19)30)16-6-4-3-5-7-16)11-20(26)24(22)32-14-17-8-9-18(27)13-21(17)28/h3-13H,2,14H2,1H3/b19-10-. The molecular weight excluding hydrogens is 529 g/mol. The molecule has 0 unspecified atom stereocenters. The fourth-order valence-corrected chi connectivity index (χ4v) is 4.28. The Labute approximate surface area is 209 Å². The van der Waals surface area contributed by atoms with Crippen LogP contribution in [0.15, 0.2) is 75.9 Å². The zero-order chi connectivity index (χ0) is 23.4. The van der Waals surface area contributed by atoms with Gasteiger partial charge in [0.25, 0.3) is 0 Å². The minimum atomic E-state index is -0.513. The Balaban J connectivity index is 1.65. The summed E-state index contributed by atoms with van der Waals surface area (Å²) in [4.78, 5) is 17.3. The van der Waals surface area contributed by atoms with Gasteiger partial charge in [0.2, 0.25) is 0 Å². The number of oxime groups is 1. The first-order valence-electron chi connectivity index (χ1n) is 10.1. The van der Waals surface area contributed by atoms with Crippen LogP contribution in [0, 0.1) is 0 Å². The van der Waals surface area contributed by atoms with Gasteiger partial charge in [-0.15, -0.1) is 0 Å². The molecule has 1 heterocycles. The Morgan fingerprint density at radius 2 is 1.85 bits per heavy atom. The highest BCUT2D eigenvalue weighted by atomic mass is 79.9. The average Bonchev–Trinajstić information content (AvgIpc) is 3.15. The molecule has 0 spiro atoms. The van der Waals surface area contributed by atoms with E-state index in [-0.39, 0.29) is 6.61 Å². The van der Waals surface area contributed by atoms with E-state index in [1.807, 2.05) is 49.4 Å². The molecule has 0 radical (unpaired) electrons. The van der Waals surface area contributed by atoms with Gasteiger partial charge >= 0.3 is 5.97 Å². The lowest BCUT2D eigenvalue weighted by Crippen LogP contribution is -2.07. The van der Waals surface area contributed by atoms with Gasteiger partial charge in [0.15, 0.2) is 11.5 Å². The summed E-state index contributed by atoms with van der Waals surface area (Å²) in [5.74, 6) is 0.532. The average molecular weight is 547 g/mol. The van der Waals surface area contributed by atoms with Gasteiger partial charge < -0.3 is 14.3 Å². The van der Waals surface area contributed by atoms with E-state index in [0.717, 1.165) is 16.7 Å².